The van der Waals surface area contributed by atoms with Crippen molar-refractivity contribution in [1.29, 1.82) is 0 Å². The number of hydrogen-bond acceptors (Lipinski definition) is 5. The summed E-state index contributed by atoms with van der Waals surface area (Å²) in [5, 5.41) is 4.15. The summed E-state index contributed by atoms with van der Waals surface area (Å²) >= 11 is 0. The van der Waals surface area contributed by atoms with Crippen LogP contribution < -0.4 is 15.0 Å². The number of nitrogens with zero attached hydrogens (tertiary/aromatic N) is 5. The van der Waals surface area contributed by atoms with Crippen LogP contribution in [0.15, 0.2) is 36.4 Å². The zero-order valence-electron chi connectivity index (χ0n) is 26.5. The molecule has 4 aromatic rings. The van der Waals surface area contributed by atoms with E-state index in [4.69, 9.17) is 9.72 Å². The fraction of sp³-hybridized carbons (Fsp3) is 0.528. The maximum atomic E-state index is 13.8. The average Bonchev–Trinajstić information content (AvgIpc) is 3.47. The Morgan fingerprint density at radius 2 is 1.91 bits per heavy atom. The molecule has 9 rings (SSSR count). The second-order valence-corrected chi connectivity index (χ2v) is 14.5. The van der Waals surface area contributed by atoms with Crippen LogP contribution in [0.2, 0.25) is 0 Å². The lowest BCUT2D eigenvalue weighted by atomic mass is 9.72. The Hall–Kier alpha value is -4.01. The van der Waals surface area contributed by atoms with Gasteiger partial charge in [-0.3, -0.25) is 9.59 Å². The number of carbonyl (C=O) groups excluding carboxylic acids is 2. The molecule has 3 saturated heterocycles. The van der Waals surface area contributed by atoms with Gasteiger partial charge in [0, 0.05) is 62.5 Å². The van der Waals surface area contributed by atoms with Crippen molar-refractivity contribution >= 4 is 39.4 Å². The minimum atomic E-state index is -0.141. The molecule has 2 unspecified atom stereocenters. The lowest BCUT2D eigenvalue weighted by molar-refractivity contribution is -0.141. The fourth-order valence-electron chi connectivity index (χ4n) is 8.92. The maximum Gasteiger partial charge on any atom is 0.254 e. The van der Waals surface area contributed by atoms with Crippen molar-refractivity contribution in [1.82, 2.24) is 24.3 Å². The van der Waals surface area contributed by atoms with E-state index in [0.29, 0.717) is 35.1 Å². The van der Waals surface area contributed by atoms with Gasteiger partial charge in [-0.1, -0.05) is 13.0 Å². The van der Waals surface area contributed by atoms with Gasteiger partial charge in [-0.05, 0) is 86.6 Å². The number of β-lactam (4-membered cyclic amide) rings is 1. The highest BCUT2D eigenvalue weighted by atomic mass is 16.5. The Morgan fingerprint density at radius 1 is 1.09 bits per heavy atom. The molecule has 5 aliphatic rings. The fourth-order valence-corrected chi connectivity index (χ4v) is 8.92. The van der Waals surface area contributed by atoms with E-state index >= 15 is 0 Å². The van der Waals surface area contributed by atoms with Gasteiger partial charge in [0.25, 0.3) is 5.91 Å². The van der Waals surface area contributed by atoms with Crippen LogP contribution >= 0.6 is 0 Å². The number of benzene rings is 2. The zero-order valence-corrected chi connectivity index (χ0v) is 26.5. The van der Waals surface area contributed by atoms with E-state index in [9.17, 15) is 9.59 Å². The van der Waals surface area contributed by atoms with Gasteiger partial charge in [-0.25, -0.2) is 4.98 Å². The molecule has 5 heterocycles. The quantitative estimate of drug-likeness (QED) is 0.305. The molecule has 3 atom stereocenters. The van der Waals surface area contributed by atoms with Gasteiger partial charge in [-0.2, -0.15) is 0 Å². The molecule has 2 aromatic heterocycles. The van der Waals surface area contributed by atoms with Crippen molar-refractivity contribution in [3.63, 3.8) is 0 Å². The second-order valence-electron chi connectivity index (χ2n) is 14.5. The molecule has 45 heavy (non-hydrogen) atoms. The minimum Gasteiger partial charge on any atom is -0.494 e. The molecular formula is C36H42N6O3. The van der Waals surface area contributed by atoms with E-state index in [1.54, 1.807) is 7.11 Å². The van der Waals surface area contributed by atoms with E-state index in [-0.39, 0.29) is 17.2 Å². The average molecular weight is 607 g/mol. The number of aryl methyl sites for hydroxylation is 1. The highest BCUT2D eigenvalue weighted by Crippen LogP contribution is 2.44. The molecule has 5 fully saturated rings. The Kier molecular flexibility index (Phi) is 5.91. The topological polar surface area (TPSA) is 84.6 Å². The number of rotatable bonds is 6. The van der Waals surface area contributed by atoms with Crippen molar-refractivity contribution in [2.24, 2.45) is 30.2 Å². The van der Waals surface area contributed by atoms with Crippen LogP contribution in [-0.2, 0) is 18.4 Å². The summed E-state index contributed by atoms with van der Waals surface area (Å²) in [5.41, 5.74) is 5.76. The third-order valence-corrected chi connectivity index (χ3v) is 12.1. The van der Waals surface area contributed by atoms with E-state index in [0.717, 1.165) is 74.5 Å². The number of fused-ring (bicyclic) bond motifs is 4. The van der Waals surface area contributed by atoms with Gasteiger partial charge in [-0.15, -0.1) is 0 Å². The van der Waals surface area contributed by atoms with Crippen LogP contribution in [0.3, 0.4) is 0 Å². The number of carbonyl (C=O) groups is 2. The number of likely N-dealkylation sites (tertiary alicyclic amines) is 1. The minimum absolute atomic E-state index is 0.0957. The smallest absolute Gasteiger partial charge is 0.254 e. The molecule has 2 aromatic carbocycles. The summed E-state index contributed by atoms with van der Waals surface area (Å²) in [5.74, 6) is 3.77. The number of hydrogen-bond donors (Lipinski definition) is 1. The first-order valence-corrected chi connectivity index (χ1v) is 16.9. The molecule has 0 radical (unpaired) electrons. The summed E-state index contributed by atoms with van der Waals surface area (Å²) in [7, 11) is 3.74. The van der Waals surface area contributed by atoms with Crippen LogP contribution in [0, 0.1) is 23.2 Å². The largest absolute Gasteiger partial charge is 0.494 e. The SMILES string of the molecule is COc1cc(C(=O)N2CC3CCC2[C@@H]3C)cc2nc(-c3cc4ccc(N5CCC6(CC5)CNC6=O)cc4n3CC3CC3)n(C)c12. The normalized spacial score (nSPS) is 25.4. The van der Waals surface area contributed by atoms with Gasteiger partial charge in [0.15, 0.2) is 5.82 Å². The number of amides is 2. The molecular weight excluding hydrogens is 564 g/mol. The lowest BCUT2D eigenvalue weighted by Crippen LogP contribution is -2.62. The first kappa shape index (κ1) is 27.3. The van der Waals surface area contributed by atoms with Gasteiger partial charge < -0.3 is 29.0 Å². The molecule has 2 saturated carbocycles. The van der Waals surface area contributed by atoms with Gasteiger partial charge in [0.2, 0.25) is 5.91 Å². The number of methoxy groups -OCH3 is 1. The van der Waals surface area contributed by atoms with Crippen molar-refractivity contribution in [2.45, 2.75) is 58.0 Å². The van der Waals surface area contributed by atoms with Crippen molar-refractivity contribution in [3.05, 3.63) is 42.0 Å². The molecule has 2 bridgehead atoms. The Morgan fingerprint density at radius 3 is 2.56 bits per heavy atom. The summed E-state index contributed by atoms with van der Waals surface area (Å²) in [6.07, 6.45) is 6.68. The van der Waals surface area contributed by atoms with E-state index < -0.39 is 0 Å². The van der Waals surface area contributed by atoms with Gasteiger partial charge in [0.1, 0.15) is 11.3 Å². The van der Waals surface area contributed by atoms with Crippen LogP contribution in [-0.4, -0.2) is 70.2 Å². The number of nitrogens with one attached hydrogen (secondary N) is 1. The number of anilines is 1. The second kappa shape index (κ2) is 9.74. The van der Waals surface area contributed by atoms with Crippen molar-refractivity contribution < 1.29 is 14.3 Å². The molecule has 234 valence electrons. The molecule has 3 aliphatic heterocycles. The van der Waals surface area contributed by atoms with Crippen LogP contribution in [0.25, 0.3) is 33.5 Å². The van der Waals surface area contributed by atoms with Crippen molar-refractivity contribution in [2.75, 3.05) is 38.2 Å². The van der Waals surface area contributed by atoms with E-state index in [2.05, 4.69) is 62.5 Å². The summed E-state index contributed by atoms with van der Waals surface area (Å²) < 4.78 is 10.5. The number of piperidine rings is 2. The van der Waals surface area contributed by atoms with Crippen molar-refractivity contribution in [3.8, 4) is 17.3 Å². The van der Waals surface area contributed by atoms with Gasteiger partial charge >= 0.3 is 0 Å². The highest BCUT2D eigenvalue weighted by Gasteiger charge is 2.48. The molecule has 1 spiro atoms. The van der Waals surface area contributed by atoms with Crippen LogP contribution in [0.4, 0.5) is 5.69 Å². The predicted molar refractivity (Wildman–Crippen MR) is 175 cm³/mol. The van der Waals surface area contributed by atoms with E-state index in [1.807, 2.05) is 12.1 Å². The lowest BCUT2D eigenvalue weighted by Gasteiger charge is -2.47. The molecule has 2 aliphatic carbocycles. The third-order valence-electron chi connectivity index (χ3n) is 12.1. The number of ether oxygens (including phenoxy) is 1. The molecule has 2 amide bonds. The predicted octanol–water partition coefficient (Wildman–Crippen LogP) is 5.20. The summed E-state index contributed by atoms with van der Waals surface area (Å²) in [6, 6.07) is 13.3. The highest BCUT2D eigenvalue weighted by molar-refractivity contribution is 6.00. The maximum absolute atomic E-state index is 13.8. The number of aromatic nitrogens is 3. The monoisotopic (exact) mass is 606 g/mol. The first-order valence-electron chi connectivity index (χ1n) is 16.9. The van der Waals surface area contributed by atoms with E-state index in [1.165, 1.54) is 35.9 Å². The molecule has 9 nitrogen and oxygen atoms in total. The first-order chi connectivity index (χ1) is 21.8. The van der Waals surface area contributed by atoms with Crippen LogP contribution in [0.5, 0.6) is 5.75 Å². The zero-order chi connectivity index (χ0) is 30.6. The third kappa shape index (κ3) is 4.08. The summed E-state index contributed by atoms with van der Waals surface area (Å²) in [6.45, 7) is 6.74. The Bertz CT molecular complexity index is 1880. The molecule has 9 heteroatoms. The Balaban J connectivity index is 1.09. The standard InChI is InChI=1S/C36H42N6O3/c1-21-24-7-9-28(21)42(19-24)34(43)25-14-27-32(31(16-25)45-3)39(2)33(38-27)30-15-23-6-8-26(17-29(23)41(30)18-22-4-5-22)40-12-10-36(11-13-40)20-37-35(36)44/h6,8,14-17,21-22,24,28H,4-5,7,9-13,18-20H2,1-3H3,(H,37,44)/t21-,24?,28?/m1/s1. The summed E-state index contributed by atoms with van der Waals surface area (Å²) in [4.78, 5) is 35.8. The van der Waals surface area contributed by atoms with Gasteiger partial charge in [0.05, 0.1) is 29.3 Å². The molecule has 1 N–H and O–H groups in total. The Labute approximate surface area is 263 Å². The van der Waals surface area contributed by atoms with Crippen LogP contribution in [0.1, 0.15) is 55.8 Å². The number of imidazole rings is 1.